The van der Waals surface area contributed by atoms with Crippen molar-refractivity contribution < 1.29 is 24.2 Å². The van der Waals surface area contributed by atoms with E-state index in [1.807, 2.05) is 27.7 Å². The molecule has 0 bridgehead atoms. The number of rotatable bonds is 9. The predicted octanol–water partition coefficient (Wildman–Crippen LogP) is 1.65. The monoisotopic (exact) mass is 208 g/mol. The highest BCUT2D eigenvalue weighted by Gasteiger charge is 2.34. The summed E-state index contributed by atoms with van der Waals surface area (Å²) in [4.78, 5) is 15.8. The lowest BCUT2D eigenvalue weighted by Gasteiger charge is -2.27. The Morgan fingerprint density at radius 1 is 0.714 bits per heavy atom. The molecule has 0 aliphatic carbocycles. The van der Waals surface area contributed by atoms with Crippen LogP contribution in [-0.2, 0) is 19.2 Å². The van der Waals surface area contributed by atoms with Gasteiger partial charge in [0.15, 0.2) is 0 Å². The Morgan fingerprint density at radius 3 is 1.43 bits per heavy atom. The fourth-order valence-electron chi connectivity index (χ4n) is 1.02. The molecule has 0 unspecified atom stereocenters. The zero-order valence-electron chi connectivity index (χ0n) is 9.62. The Kier molecular flexibility index (Phi) is 8.02. The Labute approximate surface area is 85.9 Å². The molecular weight excluding hydrogens is 186 g/mol. The summed E-state index contributed by atoms with van der Waals surface area (Å²) in [7, 11) is 0. The van der Waals surface area contributed by atoms with Crippen molar-refractivity contribution in [3.63, 3.8) is 0 Å². The second kappa shape index (κ2) is 8.14. The first-order chi connectivity index (χ1) is 6.74. The molecule has 0 aromatic heterocycles. The van der Waals surface area contributed by atoms with Crippen molar-refractivity contribution in [2.24, 2.45) is 0 Å². The predicted molar refractivity (Wildman–Crippen MR) is 51.6 cm³/mol. The van der Waals surface area contributed by atoms with Gasteiger partial charge in [-0.1, -0.05) is 0 Å². The molecule has 0 fully saturated rings. The van der Waals surface area contributed by atoms with Crippen LogP contribution in [-0.4, -0.2) is 38.1 Å². The van der Waals surface area contributed by atoms with Gasteiger partial charge in [-0.3, -0.25) is 0 Å². The number of ether oxygens (including phenoxy) is 1. The van der Waals surface area contributed by atoms with Crippen LogP contribution in [0.25, 0.3) is 0 Å². The molecule has 0 heterocycles. The maximum absolute atomic E-state index is 5.38. The van der Waals surface area contributed by atoms with Gasteiger partial charge in [0.05, 0.1) is 6.61 Å². The number of hydrogen-bond donors (Lipinski definition) is 0. The molecule has 0 amide bonds. The molecule has 86 valence electrons. The third-order valence-corrected chi connectivity index (χ3v) is 1.43. The van der Waals surface area contributed by atoms with Crippen molar-refractivity contribution in [1.82, 2.24) is 0 Å². The van der Waals surface area contributed by atoms with Gasteiger partial charge in [0.25, 0.3) is 6.73 Å². The summed E-state index contributed by atoms with van der Waals surface area (Å²) in [5.41, 5.74) is 0. The third kappa shape index (κ3) is 4.88. The molecule has 0 aliphatic rings. The van der Waals surface area contributed by atoms with Crippen LogP contribution in [0.15, 0.2) is 0 Å². The molecule has 5 nitrogen and oxygen atoms in total. The van der Waals surface area contributed by atoms with Gasteiger partial charge in [-0.15, -0.1) is 14.5 Å². The van der Waals surface area contributed by atoms with Crippen LogP contribution in [0.1, 0.15) is 27.7 Å². The number of nitrogens with zero attached hydrogens (tertiary/aromatic N) is 1. The van der Waals surface area contributed by atoms with Gasteiger partial charge in [-0.2, -0.15) is 0 Å². The van der Waals surface area contributed by atoms with E-state index in [4.69, 9.17) is 19.2 Å². The molecule has 0 saturated carbocycles. The molecule has 0 radical (unpaired) electrons. The van der Waals surface area contributed by atoms with Gasteiger partial charge in [-0.05, 0) is 27.7 Å². The van der Waals surface area contributed by atoms with Crippen LogP contribution in [0.2, 0.25) is 0 Å². The normalized spacial score (nSPS) is 12.0. The van der Waals surface area contributed by atoms with Crippen LogP contribution in [0.5, 0.6) is 0 Å². The molecule has 0 aromatic carbocycles. The molecule has 0 spiro atoms. The minimum absolute atomic E-state index is 0.242. The van der Waals surface area contributed by atoms with Crippen LogP contribution in [0, 0.1) is 0 Å². The Balaban J connectivity index is 4.21. The van der Waals surface area contributed by atoms with Gasteiger partial charge in [-0.25, -0.2) is 0 Å². The highest BCUT2D eigenvalue weighted by Crippen LogP contribution is 2.11. The fraction of sp³-hybridized carbons (Fsp3) is 1.00. The maximum Gasteiger partial charge on any atom is 0.280 e. The zero-order valence-corrected chi connectivity index (χ0v) is 9.62. The maximum atomic E-state index is 5.38. The summed E-state index contributed by atoms with van der Waals surface area (Å²) in [5, 5.41) is 0. The summed E-state index contributed by atoms with van der Waals surface area (Å²) in [6.45, 7) is 9.94. The lowest BCUT2D eigenvalue weighted by atomic mass is 10.8. The van der Waals surface area contributed by atoms with E-state index < -0.39 is 0 Å². The van der Waals surface area contributed by atoms with E-state index >= 15 is 0 Å². The standard InChI is InChI=1S/C9H22NO4/c1-5-11-9-10(12-6-2,13-7-3)14-8-4/h5-9H2,1-4H3/q+1. The van der Waals surface area contributed by atoms with Crippen LogP contribution in [0.3, 0.4) is 0 Å². The third-order valence-electron chi connectivity index (χ3n) is 1.43. The second-order valence-electron chi connectivity index (χ2n) is 2.49. The van der Waals surface area contributed by atoms with Gasteiger partial charge in [0.1, 0.15) is 24.8 Å². The molecule has 14 heavy (non-hydrogen) atoms. The first-order valence-electron chi connectivity index (χ1n) is 5.14. The van der Waals surface area contributed by atoms with Crippen LogP contribution >= 0.6 is 0 Å². The van der Waals surface area contributed by atoms with Crippen molar-refractivity contribution in [2.45, 2.75) is 27.7 Å². The summed E-state index contributed by atoms with van der Waals surface area (Å²) in [5.74, 6) is 0. The lowest BCUT2D eigenvalue weighted by Crippen LogP contribution is -2.49. The molecule has 0 rings (SSSR count). The summed E-state index contributed by atoms with van der Waals surface area (Å²) >= 11 is 0. The van der Waals surface area contributed by atoms with Gasteiger partial charge in [0.2, 0.25) is 0 Å². The highest BCUT2D eigenvalue weighted by atomic mass is 17.2. The SMILES string of the molecule is CCOC[N+](OCC)(OCC)OCC. The van der Waals surface area contributed by atoms with Crippen LogP contribution < -0.4 is 0 Å². The average molecular weight is 208 g/mol. The first-order valence-corrected chi connectivity index (χ1v) is 5.14. The average Bonchev–Trinajstić information content (AvgIpc) is 2.16. The van der Waals surface area contributed by atoms with Gasteiger partial charge < -0.3 is 4.74 Å². The summed E-state index contributed by atoms with van der Waals surface area (Å²) < 4.78 is 5.25. The van der Waals surface area contributed by atoms with E-state index in [1.54, 1.807) is 0 Å². The van der Waals surface area contributed by atoms with Gasteiger partial charge >= 0.3 is 0 Å². The smallest absolute Gasteiger partial charge is 0.280 e. The molecule has 0 saturated heterocycles. The fourth-order valence-corrected chi connectivity index (χ4v) is 1.02. The molecular formula is C9H22NO4+. The van der Waals surface area contributed by atoms with Crippen LogP contribution in [0.4, 0.5) is 0 Å². The van der Waals surface area contributed by atoms with Gasteiger partial charge in [0, 0.05) is 0 Å². The van der Waals surface area contributed by atoms with Crippen molar-refractivity contribution in [3.05, 3.63) is 0 Å². The topological polar surface area (TPSA) is 36.9 Å². The van der Waals surface area contributed by atoms with Crippen molar-refractivity contribution in [3.8, 4) is 0 Å². The summed E-state index contributed by atoms with van der Waals surface area (Å²) in [6.07, 6.45) is 0. The van der Waals surface area contributed by atoms with E-state index in [0.29, 0.717) is 26.4 Å². The molecule has 0 atom stereocenters. The second-order valence-corrected chi connectivity index (χ2v) is 2.49. The van der Waals surface area contributed by atoms with E-state index in [-0.39, 0.29) is 11.7 Å². The molecule has 0 N–H and O–H groups in total. The quantitative estimate of drug-likeness (QED) is 0.328. The highest BCUT2D eigenvalue weighted by molar-refractivity contribution is 4.06. The molecule has 0 aliphatic heterocycles. The first kappa shape index (κ1) is 13.8. The Morgan fingerprint density at radius 2 is 1.14 bits per heavy atom. The zero-order chi connectivity index (χ0) is 10.9. The largest absolute Gasteiger partial charge is 0.324 e. The Bertz CT molecular complexity index is 115. The van der Waals surface area contributed by atoms with E-state index in [2.05, 4.69) is 0 Å². The van der Waals surface area contributed by atoms with Crippen molar-refractivity contribution >= 4 is 0 Å². The van der Waals surface area contributed by atoms with Crippen molar-refractivity contribution in [2.75, 3.05) is 33.2 Å². The van der Waals surface area contributed by atoms with E-state index in [0.717, 1.165) is 0 Å². The molecule has 5 heteroatoms. The Hall–Kier alpha value is -0.200. The lowest BCUT2D eigenvalue weighted by molar-refractivity contribution is -1.37. The number of hydrogen-bond acceptors (Lipinski definition) is 4. The number of hydroxylamine groups is 3. The van der Waals surface area contributed by atoms with E-state index in [1.165, 1.54) is 0 Å². The van der Waals surface area contributed by atoms with E-state index in [9.17, 15) is 0 Å². The number of quaternary nitrogens is 1. The summed E-state index contributed by atoms with van der Waals surface area (Å²) in [6, 6.07) is 0. The molecule has 0 aromatic rings. The minimum atomic E-state index is -0.336. The van der Waals surface area contributed by atoms with Crippen molar-refractivity contribution in [1.29, 1.82) is 0 Å². The minimum Gasteiger partial charge on any atom is -0.324 e.